The van der Waals surface area contributed by atoms with Gasteiger partial charge in [-0.05, 0) is 6.42 Å². The number of carbonyl (C=O) groups is 1. The smallest absolute Gasteiger partial charge is 0.224 e. The van der Waals surface area contributed by atoms with Crippen molar-refractivity contribution in [2.45, 2.75) is 18.9 Å². The molecule has 0 bridgehead atoms. The third-order valence-corrected chi connectivity index (χ3v) is 1.81. The van der Waals surface area contributed by atoms with Crippen LogP contribution in [-0.2, 0) is 4.79 Å². The predicted molar refractivity (Wildman–Crippen MR) is 39.8 cm³/mol. The van der Waals surface area contributed by atoms with E-state index in [1.54, 1.807) is 4.90 Å². The van der Waals surface area contributed by atoms with Crippen LogP contribution in [0.2, 0.25) is 0 Å². The lowest BCUT2D eigenvalue weighted by Crippen LogP contribution is -2.29. The highest BCUT2D eigenvalue weighted by molar-refractivity contribution is 5.79. The van der Waals surface area contributed by atoms with E-state index in [-0.39, 0.29) is 18.6 Å². The molecule has 0 aliphatic carbocycles. The Labute approximate surface area is 65.3 Å². The molecule has 0 spiro atoms. The van der Waals surface area contributed by atoms with Gasteiger partial charge in [-0.1, -0.05) is 0 Å². The average molecular weight is 160 g/mol. The van der Waals surface area contributed by atoms with Gasteiger partial charge in [0.05, 0.1) is 6.67 Å². The molecule has 2 N–H and O–H groups in total. The van der Waals surface area contributed by atoms with Gasteiger partial charge in [0, 0.05) is 25.6 Å². The molecule has 0 aromatic rings. The first-order valence-corrected chi connectivity index (χ1v) is 3.83. The predicted octanol–water partition coefficient (Wildman–Crippen LogP) is -0.0944. The minimum Gasteiger partial charge on any atom is -0.341 e. The number of alkyl halides is 1. The van der Waals surface area contributed by atoms with Gasteiger partial charge in [-0.2, -0.15) is 0 Å². The standard InChI is InChI=1S/C7H13FN2O/c8-2-1-3-10-5-6(9)4-7(10)11/h6H,1-5,9H2. The fourth-order valence-electron chi connectivity index (χ4n) is 1.27. The summed E-state index contributed by atoms with van der Waals surface area (Å²) < 4.78 is 11.7. The van der Waals surface area contributed by atoms with Crippen molar-refractivity contribution in [2.75, 3.05) is 19.8 Å². The minimum absolute atomic E-state index is 0.0397. The summed E-state index contributed by atoms with van der Waals surface area (Å²) in [7, 11) is 0. The molecule has 1 heterocycles. The van der Waals surface area contributed by atoms with Crippen LogP contribution >= 0.6 is 0 Å². The molecule has 1 aliphatic rings. The second-order valence-corrected chi connectivity index (χ2v) is 2.85. The molecular formula is C7H13FN2O. The van der Waals surface area contributed by atoms with Gasteiger partial charge in [-0.25, -0.2) is 0 Å². The van der Waals surface area contributed by atoms with E-state index < -0.39 is 0 Å². The third-order valence-electron chi connectivity index (χ3n) is 1.81. The lowest BCUT2D eigenvalue weighted by Gasteiger charge is -2.13. The van der Waals surface area contributed by atoms with Gasteiger partial charge in [0.25, 0.3) is 0 Å². The van der Waals surface area contributed by atoms with Crippen molar-refractivity contribution >= 4 is 5.91 Å². The molecule has 0 aromatic carbocycles. The Morgan fingerprint density at radius 2 is 2.45 bits per heavy atom. The van der Waals surface area contributed by atoms with Crippen LogP contribution in [-0.4, -0.2) is 36.6 Å². The zero-order valence-corrected chi connectivity index (χ0v) is 6.42. The molecule has 64 valence electrons. The Balaban J connectivity index is 2.29. The SMILES string of the molecule is NC1CC(=O)N(CCCF)C1. The molecule has 3 nitrogen and oxygen atoms in total. The number of hydrogen-bond donors (Lipinski definition) is 1. The Morgan fingerprint density at radius 1 is 1.73 bits per heavy atom. The van der Waals surface area contributed by atoms with E-state index >= 15 is 0 Å². The molecule has 1 amide bonds. The summed E-state index contributed by atoms with van der Waals surface area (Å²) in [5.74, 6) is 0.0611. The number of rotatable bonds is 3. The zero-order chi connectivity index (χ0) is 8.27. The van der Waals surface area contributed by atoms with E-state index in [2.05, 4.69) is 0 Å². The van der Waals surface area contributed by atoms with Crippen molar-refractivity contribution < 1.29 is 9.18 Å². The Morgan fingerprint density at radius 3 is 2.91 bits per heavy atom. The van der Waals surface area contributed by atoms with Gasteiger partial charge in [0.15, 0.2) is 0 Å². The van der Waals surface area contributed by atoms with Crippen LogP contribution in [0.5, 0.6) is 0 Å². The van der Waals surface area contributed by atoms with Crippen LogP contribution in [0.3, 0.4) is 0 Å². The molecule has 1 aliphatic heterocycles. The Bertz CT molecular complexity index is 151. The molecule has 1 unspecified atom stereocenters. The second kappa shape index (κ2) is 3.67. The van der Waals surface area contributed by atoms with E-state index in [0.29, 0.717) is 25.9 Å². The van der Waals surface area contributed by atoms with Crippen molar-refractivity contribution in [1.29, 1.82) is 0 Å². The molecular weight excluding hydrogens is 147 g/mol. The fraction of sp³-hybridized carbons (Fsp3) is 0.857. The Hall–Kier alpha value is -0.640. The van der Waals surface area contributed by atoms with Crippen LogP contribution in [0, 0.1) is 0 Å². The van der Waals surface area contributed by atoms with Gasteiger partial charge in [-0.15, -0.1) is 0 Å². The van der Waals surface area contributed by atoms with E-state index in [0.717, 1.165) is 0 Å². The van der Waals surface area contributed by atoms with Gasteiger partial charge in [0.1, 0.15) is 0 Å². The number of amides is 1. The summed E-state index contributed by atoms with van der Waals surface area (Å²) in [5.41, 5.74) is 5.53. The summed E-state index contributed by atoms with van der Waals surface area (Å²) >= 11 is 0. The molecule has 1 rings (SSSR count). The quantitative estimate of drug-likeness (QED) is 0.627. The summed E-state index contributed by atoms with van der Waals surface area (Å²) in [6.45, 7) is 0.751. The fourth-order valence-corrected chi connectivity index (χ4v) is 1.27. The third kappa shape index (κ3) is 2.15. The topological polar surface area (TPSA) is 46.3 Å². The largest absolute Gasteiger partial charge is 0.341 e. The summed E-state index contributed by atoms with van der Waals surface area (Å²) in [5, 5.41) is 0. The lowest BCUT2D eigenvalue weighted by molar-refractivity contribution is -0.127. The van der Waals surface area contributed by atoms with Crippen LogP contribution in [0.15, 0.2) is 0 Å². The number of likely N-dealkylation sites (tertiary alicyclic amines) is 1. The normalized spacial score (nSPS) is 24.7. The molecule has 0 saturated carbocycles. The van der Waals surface area contributed by atoms with Crippen LogP contribution < -0.4 is 5.73 Å². The molecule has 1 saturated heterocycles. The summed E-state index contributed by atoms with van der Waals surface area (Å²) in [6, 6.07) is -0.0397. The lowest BCUT2D eigenvalue weighted by atomic mass is 10.3. The van der Waals surface area contributed by atoms with Crippen molar-refractivity contribution in [3.8, 4) is 0 Å². The first-order valence-electron chi connectivity index (χ1n) is 3.83. The maximum absolute atomic E-state index is 11.7. The first-order chi connectivity index (χ1) is 5.24. The maximum Gasteiger partial charge on any atom is 0.224 e. The van der Waals surface area contributed by atoms with Crippen LogP contribution in [0.4, 0.5) is 4.39 Å². The number of nitrogens with two attached hydrogens (primary N) is 1. The van der Waals surface area contributed by atoms with E-state index in [9.17, 15) is 9.18 Å². The summed E-state index contributed by atoms with van der Waals surface area (Å²) in [4.78, 5) is 12.6. The van der Waals surface area contributed by atoms with Crippen LogP contribution in [0.25, 0.3) is 0 Å². The highest BCUT2D eigenvalue weighted by Gasteiger charge is 2.25. The Kier molecular flexibility index (Phi) is 2.82. The highest BCUT2D eigenvalue weighted by atomic mass is 19.1. The van der Waals surface area contributed by atoms with Crippen molar-refractivity contribution in [1.82, 2.24) is 4.90 Å². The number of nitrogens with zero attached hydrogens (tertiary/aromatic N) is 1. The molecule has 0 aromatic heterocycles. The highest BCUT2D eigenvalue weighted by Crippen LogP contribution is 2.08. The average Bonchev–Trinajstić information content (AvgIpc) is 2.26. The summed E-state index contributed by atoms with van der Waals surface area (Å²) in [6.07, 6.45) is 0.852. The van der Waals surface area contributed by atoms with Gasteiger partial charge >= 0.3 is 0 Å². The number of halogens is 1. The van der Waals surface area contributed by atoms with E-state index in [1.165, 1.54) is 0 Å². The van der Waals surface area contributed by atoms with Crippen LogP contribution in [0.1, 0.15) is 12.8 Å². The second-order valence-electron chi connectivity index (χ2n) is 2.85. The van der Waals surface area contributed by atoms with E-state index in [1.807, 2.05) is 0 Å². The minimum atomic E-state index is -0.362. The maximum atomic E-state index is 11.7. The molecule has 11 heavy (non-hydrogen) atoms. The molecule has 0 radical (unpaired) electrons. The van der Waals surface area contributed by atoms with Gasteiger partial charge in [0.2, 0.25) is 5.91 Å². The van der Waals surface area contributed by atoms with E-state index in [4.69, 9.17) is 5.73 Å². The van der Waals surface area contributed by atoms with Crippen molar-refractivity contribution in [2.24, 2.45) is 5.73 Å². The van der Waals surface area contributed by atoms with Gasteiger partial charge in [-0.3, -0.25) is 9.18 Å². The molecule has 1 fully saturated rings. The van der Waals surface area contributed by atoms with Gasteiger partial charge < -0.3 is 10.6 Å². The molecule has 1 atom stereocenters. The zero-order valence-electron chi connectivity index (χ0n) is 6.42. The monoisotopic (exact) mass is 160 g/mol. The first kappa shape index (κ1) is 8.46. The molecule has 4 heteroatoms. The number of hydrogen-bond acceptors (Lipinski definition) is 2. The van der Waals surface area contributed by atoms with Crippen molar-refractivity contribution in [3.63, 3.8) is 0 Å². The van der Waals surface area contributed by atoms with Crippen molar-refractivity contribution in [3.05, 3.63) is 0 Å². The number of carbonyl (C=O) groups excluding carboxylic acids is 1.